The average molecular weight is 530 g/mol. The van der Waals surface area contributed by atoms with Crippen LogP contribution in [-0.2, 0) is 17.8 Å². The zero-order chi connectivity index (χ0) is 26.5. The van der Waals surface area contributed by atoms with Crippen molar-refractivity contribution in [3.8, 4) is 0 Å². The molecule has 38 heavy (non-hydrogen) atoms. The fourth-order valence-corrected chi connectivity index (χ4v) is 5.45. The molecular formula is C30H28FN3O3S. The standard InChI is InChI=1S/C30H28FN3O3S/c31-26-11-9-23(10-12-26)21-34-29(36)27(38-30(34)37)20-24-7-4-8-25(19-24)28(35)33-17-15-32(16-18-33)14-13-22-5-2-1-3-6-22/h1-12,19-20H,13-18,21H2. The molecule has 3 amide bonds. The van der Waals surface area contributed by atoms with E-state index in [1.54, 1.807) is 36.4 Å². The summed E-state index contributed by atoms with van der Waals surface area (Å²) in [7, 11) is 0. The van der Waals surface area contributed by atoms with E-state index in [1.807, 2.05) is 17.0 Å². The molecule has 0 bridgehead atoms. The Balaban J connectivity index is 1.19. The van der Waals surface area contributed by atoms with Crippen LogP contribution in [0.25, 0.3) is 6.08 Å². The molecule has 3 aromatic carbocycles. The average Bonchev–Trinajstić information content (AvgIpc) is 3.21. The molecule has 0 atom stereocenters. The third-order valence-corrected chi connectivity index (χ3v) is 7.69. The Morgan fingerprint density at radius 1 is 0.868 bits per heavy atom. The zero-order valence-electron chi connectivity index (χ0n) is 20.9. The van der Waals surface area contributed by atoms with E-state index in [0.29, 0.717) is 34.7 Å². The molecule has 2 saturated heterocycles. The van der Waals surface area contributed by atoms with Crippen molar-refractivity contribution in [2.24, 2.45) is 0 Å². The highest BCUT2D eigenvalue weighted by atomic mass is 32.2. The Kier molecular flexibility index (Phi) is 8.00. The van der Waals surface area contributed by atoms with Gasteiger partial charge in [0.25, 0.3) is 17.1 Å². The highest BCUT2D eigenvalue weighted by molar-refractivity contribution is 8.18. The fraction of sp³-hybridized carbons (Fsp3) is 0.233. The van der Waals surface area contributed by atoms with E-state index in [-0.39, 0.29) is 23.5 Å². The van der Waals surface area contributed by atoms with Gasteiger partial charge in [0.05, 0.1) is 11.4 Å². The molecule has 6 nitrogen and oxygen atoms in total. The van der Waals surface area contributed by atoms with E-state index in [0.717, 1.165) is 42.7 Å². The molecule has 0 N–H and O–H groups in total. The molecule has 2 aliphatic rings. The maximum absolute atomic E-state index is 13.2. The normalized spacial score (nSPS) is 17.4. The van der Waals surface area contributed by atoms with Gasteiger partial charge in [-0.1, -0.05) is 54.6 Å². The number of piperazine rings is 1. The van der Waals surface area contributed by atoms with Gasteiger partial charge in [0.15, 0.2) is 0 Å². The van der Waals surface area contributed by atoms with E-state index in [2.05, 4.69) is 29.2 Å². The van der Waals surface area contributed by atoms with E-state index in [4.69, 9.17) is 0 Å². The van der Waals surface area contributed by atoms with Crippen LogP contribution in [-0.4, -0.2) is 64.5 Å². The number of halogens is 1. The van der Waals surface area contributed by atoms with Crippen molar-refractivity contribution in [3.05, 3.63) is 112 Å². The number of carbonyl (C=O) groups is 3. The summed E-state index contributed by atoms with van der Waals surface area (Å²) in [5, 5.41) is -0.372. The van der Waals surface area contributed by atoms with E-state index < -0.39 is 5.91 Å². The Hall–Kier alpha value is -3.75. The summed E-state index contributed by atoms with van der Waals surface area (Å²) in [6.45, 7) is 4.05. The van der Waals surface area contributed by atoms with Gasteiger partial charge < -0.3 is 4.90 Å². The van der Waals surface area contributed by atoms with Crippen LogP contribution >= 0.6 is 11.8 Å². The van der Waals surface area contributed by atoms with Gasteiger partial charge in [-0.25, -0.2) is 4.39 Å². The second kappa shape index (κ2) is 11.8. The van der Waals surface area contributed by atoms with E-state index >= 15 is 0 Å². The van der Waals surface area contributed by atoms with Crippen LogP contribution in [0.3, 0.4) is 0 Å². The SMILES string of the molecule is O=C(c1cccc(C=C2SC(=O)N(Cc3ccc(F)cc3)C2=O)c1)N1CCN(CCc2ccccc2)CC1. The molecule has 0 saturated carbocycles. The molecule has 0 spiro atoms. The monoisotopic (exact) mass is 529 g/mol. The van der Waals surface area contributed by atoms with Gasteiger partial charge in [0.1, 0.15) is 5.82 Å². The molecule has 0 aliphatic carbocycles. The van der Waals surface area contributed by atoms with Gasteiger partial charge >= 0.3 is 0 Å². The minimum absolute atomic E-state index is 0.0348. The highest BCUT2D eigenvalue weighted by Gasteiger charge is 2.35. The number of amides is 3. The summed E-state index contributed by atoms with van der Waals surface area (Å²) >= 11 is 0.868. The van der Waals surface area contributed by atoms with Gasteiger partial charge in [-0.2, -0.15) is 0 Å². The van der Waals surface area contributed by atoms with Gasteiger partial charge in [-0.15, -0.1) is 0 Å². The minimum atomic E-state index is -0.396. The molecule has 194 valence electrons. The number of rotatable bonds is 7. The van der Waals surface area contributed by atoms with E-state index in [1.165, 1.54) is 17.7 Å². The number of imide groups is 1. The molecule has 0 radical (unpaired) electrons. The molecule has 0 unspecified atom stereocenters. The lowest BCUT2D eigenvalue weighted by Gasteiger charge is -2.34. The number of hydrogen-bond acceptors (Lipinski definition) is 5. The van der Waals surface area contributed by atoms with Crippen LogP contribution in [0, 0.1) is 5.82 Å². The van der Waals surface area contributed by atoms with Crippen LogP contribution in [0.2, 0.25) is 0 Å². The quantitative estimate of drug-likeness (QED) is 0.401. The predicted octanol–water partition coefficient (Wildman–Crippen LogP) is 5.06. The molecule has 2 heterocycles. The first kappa shape index (κ1) is 25.9. The van der Waals surface area contributed by atoms with Gasteiger partial charge in [-0.05, 0) is 65.2 Å². The summed E-state index contributed by atoms with van der Waals surface area (Å²) in [4.78, 5) is 44.3. The molecule has 5 rings (SSSR count). The summed E-state index contributed by atoms with van der Waals surface area (Å²) in [5.74, 6) is -0.804. The summed E-state index contributed by atoms with van der Waals surface area (Å²) in [6, 6.07) is 23.3. The smallest absolute Gasteiger partial charge is 0.293 e. The first-order valence-corrected chi connectivity index (χ1v) is 13.4. The maximum Gasteiger partial charge on any atom is 0.293 e. The van der Waals surface area contributed by atoms with Crippen LogP contribution < -0.4 is 0 Å². The second-order valence-corrected chi connectivity index (χ2v) is 10.4. The van der Waals surface area contributed by atoms with E-state index in [9.17, 15) is 18.8 Å². The zero-order valence-corrected chi connectivity index (χ0v) is 21.7. The molecule has 2 fully saturated rings. The van der Waals surface area contributed by atoms with Crippen molar-refractivity contribution in [3.63, 3.8) is 0 Å². The van der Waals surface area contributed by atoms with Gasteiger partial charge in [0, 0.05) is 38.3 Å². The third kappa shape index (κ3) is 6.20. The topological polar surface area (TPSA) is 60.9 Å². The molecule has 2 aliphatic heterocycles. The van der Waals surface area contributed by atoms with Crippen molar-refractivity contribution in [1.29, 1.82) is 0 Å². The Morgan fingerprint density at radius 2 is 1.61 bits per heavy atom. The van der Waals surface area contributed by atoms with Crippen LogP contribution in [0.1, 0.15) is 27.0 Å². The minimum Gasteiger partial charge on any atom is -0.336 e. The third-order valence-electron chi connectivity index (χ3n) is 6.78. The van der Waals surface area contributed by atoms with Crippen molar-refractivity contribution in [2.45, 2.75) is 13.0 Å². The maximum atomic E-state index is 13.2. The first-order chi connectivity index (χ1) is 18.5. The summed E-state index contributed by atoms with van der Waals surface area (Å²) in [5.41, 5.74) is 3.23. The highest BCUT2D eigenvalue weighted by Crippen LogP contribution is 2.33. The lowest BCUT2D eigenvalue weighted by atomic mass is 10.1. The van der Waals surface area contributed by atoms with Crippen LogP contribution in [0.15, 0.2) is 83.8 Å². The van der Waals surface area contributed by atoms with Crippen LogP contribution in [0.5, 0.6) is 0 Å². The second-order valence-electron chi connectivity index (χ2n) is 9.39. The fourth-order valence-electron chi connectivity index (χ4n) is 4.61. The van der Waals surface area contributed by atoms with Gasteiger partial charge in [-0.3, -0.25) is 24.2 Å². The number of benzene rings is 3. The van der Waals surface area contributed by atoms with Crippen molar-refractivity contribution in [2.75, 3.05) is 32.7 Å². The largest absolute Gasteiger partial charge is 0.336 e. The Bertz CT molecular complexity index is 1350. The van der Waals surface area contributed by atoms with Crippen molar-refractivity contribution in [1.82, 2.24) is 14.7 Å². The predicted molar refractivity (Wildman–Crippen MR) is 147 cm³/mol. The van der Waals surface area contributed by atoms with Gasteiger partial charge in [0.2, 0.25) is 0 Å². The number of hydrogen-bond donors (Lipinski definition) is 0. The van der Waals surface area contributed by atoms with Crippen LogP contribution in [0.4, 0.5) is 9.18 Å². The van der Waals surface area contributed by atoms with Crippen molar-refractivity contribution >= 4 is 34.9 Å². The Morgan fingerprint density at radius 3 is 2.34 bits per heavy atom. The number of carbonyl (C=O) groups excluding carboxylic acids is 3. The molecular weight excluding hydrogens is 501 g/mol. The number of thioether (sulfide) groups is 1. The molecule has 0 aromatic heterocycles. The Labute approximate surface area is 225 Å². The summed E-state index contributed by atoms with van der Waals surface area (Å²) in [6.07, 6.45) is 2.64. The lowest BCUT2D eigenvalue weighted by Crippen LogP contribution is -2.49. The number of nitrogens with zero attached hydrogens (tertiary/aromatic N) is 3. The molecule has 8 heteroatoms. The first-order valence-electron chi connectivity index (χ1n) is 12.6. The van der Waals surface area contributed by atoms with Crippen molar-refractivity contribution < 1.29 is 18.8 Å². The summed E-state index contributed by atoms with van der Waals surface area (Å²) < 4.78 is 13.2. The lowest BCUT2D eigenvalue weighted by molar-refractivity contribution is -0.123. The molecule has 3 aromatic rings.